The molecule has 0 heterocycles. The van der Waals surface area contributed by atoms with E-state index in [-0.39, 0.29) is 12.4 Å². The fraction of sp³-hybridized carbons (Fsp3) is 0.667. The molecule has 0 saturated carbocycles. The Kier molecular flexibility index (Phi) is 14.1. The zero-order chi connectivity index (χ0) is 6.24. The van der Waals surface area contributed by atoms with Crippen molar-refractivity contribution in [1.29, 1.82) is 0 Å². The van der Waals surface area contributed by atoms with E-state index in [0.717, 1.165) is 19.3 Å². The van der Waals surface area contributed by atoms with Crippen LogP contribution in [-0.2, 0) is 4.84 Å². The predicted octanol–water partition coefficient (Wildman–Crippen LogP) is 1.65. The lowest BCUT2D eigenvalue weighted by Gasteiger charge is -1.93. The van der Waals surface area contributed by atoms with E-state index in [9.17, 15) is 0 Å². The largest absolute Gasteiger partial charge is 0.305 e. The van der Waals surface area contributed by atoms with E-state index < -0.39 is 0 Å². The van der Waals surface area contributed by atoms with Crippen molar-refractivity contribution in [3.05, 3.63) is 12.7 Å². The van der Waals surface area contributed by atoms with Crippen LogP contribution in [0.1, 0.15) is 19.3 Å². The van der Waals surface area contributed by atoms with Gasteiger partial charge in [0.2, 0.25) is 0 Å². The van der Waals surface area contributed by atoms with E-state index in [1.165, 1.54) is 0 Å². The third-order valence-corrected chi connectivity index (χ3v) is 0.920. The van der Waals surface area contributed by atoms with Gasteiger partial charge in [-0.05, 0) is 19.3 Å². The van der Waals surface area contributed by atoms with E-state index in [2.05, 4.69) is 11.4 Å². The first kappa shape index (κ1) is 11.7. The zero-order valence-corrected chi connectivity index (χ0v) is 6.32. The summed E-state index contributed by atoms with van der Waals surface area (Å²) in [4.78, 5) is 4.35. The van der Waals surface area contributed by atoms with Crippen molar-refractivity contribution in [2.24, 2.45) is 5.90 Å². The third-order valence-electron chi connectivity index (χ3n) is 0.920. The summed E-state index contributed by atoms with van der Waals surface area (Å²) in [5.74, 6) is 4.78. The van der Waals surface area contributed by atoms with Crippen LogP contribution in [0, 0.1) is 0 Å². The lowest BCUT2D eigenvalue weighted by atomic mass is 10.2. The van der Waals surface area contributed by atoms with E-state index in [0.29, 0.717) is 6.61 Å². The molecule has 0 aliphatic rings. The molecule has 3 heteroatoms. The molecule has 2 N–H and O–H groups in total. The molecule has 0 aromatic heterocycles. The molecule has 2 nitrogen and oxygen atoms in total. The van der Waals surface area contributed by atoms with Crippen molar-refractivity contribution in [1.82, 2.24) is 0 Å². The average molecular weight is 152 g/mol. The Labute approximate surface area is 62.4 Å². The van der Waals surface area contributed by atoms with Crippen LogP contribution in [0.3, 0.4) is 0 Å². The topological polar surface area (TPSA) is 35.2 Å². The highest BCUT2D eigenvalue weighted by molar-refractivity contribution is 5.85. The van der Waals surface area contributed by atoms with Crippen LogP contribution in [0.25, 0.3) is 0 Å². The summed E-state index contributed by atoms with van der Waals surface area (Å²) in [6, 6.07) is 0. The number of rotatable bonds is 5. The molecule has 56 valence electrons. The Morgan fingerprint density at radius 2 is 2.11 bits per heavy atom. The lowest BCUT2D eigenvalue weighted by Crippen LogP contribution is -1.99. The number of unbranched alkanes of at least 4 members (excludes halogenated alkanes) is 2. The first-order valence-corrected chi connectivity index (χ1v) is 2.84. The van der Waals surface area contributed by atoms with Gasteiger partial charge in [-0.2, -0.15) is 0 Å². The molecule has 0 atom stereocenters. The summed E-state index contributed by atoms with van der Waals surface area (Å²) < 4.78 is 0. The zero-order valence-electron chi connectivity index (χ0n) is 5.51. The standard InChI is InChI=1S/C6H13NO.ClH/c1-2-3-4-5-6-8-7;/h2H,1,3-7H2;1H. The maximum absolute atomic E-state index is 4.78. The second-order valence-electron chi connectivity index (χ2n) is 1.66. The Balaban J connectivity index is 0. The van der Waals surface area contributed by atoms with Gasteiger partial charge >= 0.3 is 0 Å². The van der Waals surface area contributed by atoms with Crippen LogP contribution in [0.4, 0.5) is 0 Å². The fourth-order valence-corrected chi connectivity index (χ4v) is 0.474. The Hall–Kier alpha value is -0.0500. The maximum atomic E-state index is 4.78. The van der Waals surface area contributed by atoms with Gasteiger partial charge in [-0.25, -0.2) is 5.90 Å². The van der Waals surface area contributed by atoms with Crippen LogP contribution >= 0.6 is 12.4 Å². The number of allylic oxidation sites excluding steroid dienone is 1. The molecule has 0 saturated heterocycles. The van der Waals surface area contributed by atoms with Gasteiger partial charge in [-0.3, -0.25) is 0 Å². The minimum atomic E-state index is 0. The molecule has 0 rings (SSSR count). The number of hydrogen-bond donors (Lipinski definition) is 1. The normalized spacial score (nSPS) is 8.11. The van der Waals surface area contributed by atoms with Crippen molar-refractivity contribution >= 4 is 12.4 Å². The number of nitrogens with two attached hydrogens (primary N) is 1. The molecular weight excluding hydrogens is 138 g/mol. The SMILES string of the molecule is C=CCCCCON.Cl. The van der Waals surface area contributed by atoms with Crippen molar-refractivity contribution in [3.8, 4) is 0 Å². The van der Waals surface area contributed by atoms with Gasteiger partial charge in [-0.15, -0.1) is 19.0 Å². The lowest BCUT2D eigenvalue weighted by molar-refractivity contribution is 0.134. The van der Waals surface area contributed by atoms with Gasteiger partial charge in [0.25, 0.3) is 0 Å². The van der Waals surface area contributed by atoms with Crippen LogP contribution in [-0.4, -0.2) is 6.61 Å². The van der Waals surface area contributed by atoms with Crippen molar-refractivity contribution in [2.75, 3.05) is 6.61 Å². The second kappa shape index (κ2) is 10.8. The summed E-state index contributed by atoms with van der Waals surface area (Å²) in [5.41, 5.74) is 0. The highest BCUT2D eigenvalue weighted by Gasteiger charge is 1.82. The summed E-state index contributed by atoms with van der Waals surface area (Å²) in [6.45, 7) is 4.25. The van der Waals surface area contributed by atoms with Crippen LogP contribution in [0.2, 0.25) is 0 Å². The van der Waals surface area contributed by atoms with Crippen molar-refractivity contribution < 1.29 is 4.84 Å². The maximum Gasteiger partial charge on any atom is 0.0679 e. The molecule has 0 fully saturated rings. The van der Waals surface area contributed by atoms with Crippen LogP contribution < -0.4 is 5.90 Å². The van der Waals surface area contributed by atoms with E-state index >= 15 is 0 Å². The quantitative estimate of drug-likeness (QED) is 0.369. The molecule has 0 unspecified atom stereocenters. The van der Waals surface area contributed by atoms with Gasteiger partial charge in [0.05, 0.1) is 6.61 Å². The highest BCUT2D eigenvalue weighted by Crippen LogP contribution is 1.93. The Bertz CT molecular complexity index is 59.0. The Morgan fingerprint density at radius 3 is 2.56 bits per heavy atom. The summed E-state index contributed by atoms with van der Waals surface area (Å²) in [6.07, 6.45) is 5.11. The minimum Gasteiger partial charge on any atom is -0.305 e. The van der Waals surface area contributed by atoms with Gasteiger partial charge in [0.15, 0.2) is 0 Å². The molecule has 0 bridgehead atoms. The molecule has 0 radical (unpaired) electrons. The highest BCUT2D eigenvalue weighted by atomic mass is 35.5. The average Bonchev–Trinajstić information content (AvgIpc) is 1.81. The Morgan fingerprint density at radius 1 is 1.44 bits per heavy atom. The second-order valence-corrected chi connectivity index (χ2v) is 1.66. The molecule has 0 spiro atoms. The smallest absolute Gasteiger partial charge is 0.0679 e. The van der Waals surface area contributed by atoms with Gasteiger partial charge in [-0.1, -0.05) is 6.08 Å². The predicted molar refractivity (Wildman–Crippen MR) is 41.4 cm³/mol. The van der Waals surface area contributed by atoms with Crippen LogP contribution in [0.15, 0.2) is 12.7 Å². The van der Waals surface area contributed by atoms with Gasteiger partial charge in [0, 0.05) is 0 Å². The van der Waals surface area contributed by atoms with E-state index in [1.807, 2.05) is 6.08 Å². The summed E-state index contributed by atoms with van der Waals surface area (Å²) in [7, 11) is 0. The fourth-order valence-electron chi connectivity index (χ4n) is 0.474. The third kappa shape index (κ3) is 11.5. The minimum absolute atomic E-state index is 0. The molecule has 0 amide bonds. The van der Waals surface area contributed by atoms with E-state index in [4.69, 9.17) is 5.90 Å². The first-order chi connectivity index (χ1) is 3.91. The molecule has 0 aliphatic heterocycles. The molecule has 0 aliphatic carbocycles. The van der Waals surface area contributed by atoms with Gasteiger partial charge in [0.1, 0.15) is 0 Å². The van der Waals surface area contributed by atoms with E-state index in [1.54, 1.807) is 0 Å². The first-order valence-electron chi connectivity index (χ1n) is 2.84. The van der Waals surface area contributed by atoms with Crippen molar-refractivity contribution in [3.63, 3.8) is 0 Å². The summed E-state index contributed by atoms with van der Waals surface area (Å²) in [5, 5.41) is 0. The monoisotopic (exact) mass is 151 g/mol. The van der Waals surface area contributed by atoms with Crippen molar-refractivity contribution in [2.45, 2.75) is 19.3 Å². The molecule has 9 heavy (non-hydrogen) atoms. The van der Waals surface area contributed by atoms with Gasteiger partial charge < -0.3 is 4.84 Å². The van der Waals surface area contributed by atoms with Crippen LogP contribution in [0.5, 0.6) is 0 Å². The molecule has 0 aromatic carbocycles. The summed E-state index contributed by atoms with van der Waals surface area (Å²) >= 11 is 0. The molecule has 0 aromatic rings. The molecular formula is C6H14ClNO. The number of hydrogen-bond acceptors (Lipinski definition) is 2. The number of halogens is 1.